The second kappa shape index (κ2) is 8.37. The number of nitrogens with zero attached hydrogens (tertiary/aromatic N) is 5. The molecule has 0 unspecified atom stereocenters. The summed E-state index contributed by atoms with van der Waals surface area (Å²) in [6, 6.07) is 6.04. The smallest absolute Gasteiger partial charge is 0.227 e. The topological polar surface area (TPSA) is 70.1 Å². The van der Waals surface area contributed by atoms with Crippen molar-refractivity contribution in [3.8, 4) is 0 Å². The van der Waals surface area contributed by atoms with Crippen molar-refractivity contribution in [3.05, 3.63) is 47.8 Å². The zero-order chi connectivity index (χ0) is 20.4. The number of aromatic amines is 1. The molecule has 3 heterocycles. The number of carbonyl (C=O) groups is 1. The third kappa shape index (κ3) is 4.50. The van der Waals surface area contributed by atoms with Crippen molar-refractivity contribution in [1.29, 1.82) is 0 Å². The van der Waals surface area contributed by atoms with Crippen LogP contribution in [0.3, 0.4) is 0 Å². The zero-order valence-corrected chi connectivity index (χ0v) is 17.6. The van der Waals surface area contributed by atoms with Gasteiger partial charge in [-0.25, -0.2) is 9.97 Å². The highest BCUT2D eigenvalue weighted by atomic mass is 16.2. The number of rotatable bonds is 6. The van der Waals surface area contributed by atoms with Crippen LogP contribution in [0.4, 0.5) is 0 Å². The van der Waals surface area contributed by atoms with Gasteiger partial charge in [-0.15, -0.1) is 0 Å². The second-order valence-corrected chi connectivity index (χ2v) is 8.31. The summed E-state index contributed by atoms with van der Waals surface area (Å²) in [5, 5.41) is 0. The number of piperidine rings is 1. The molecule has 0 aliphatic carbocycles. The van der Waals surface area contributed by atoms with Crippen molar-refractivity contribution in [3.63, 3.8) is 0 Å². The van der Waals surface area contributed by atoms with Crippen LogP contribution in [-0.2, 0) is 17.8 Å². The van der Waals surface area contributed by atoms with Crippen LogP contribution in [0.5, 0.6) is 0 Å². The van der Waals surface area contributed by atoms with Crippen LogP contribution in [-0.4, -0.2) is 69.0 Å². The first-order chi connectivity index (χ1) is 14.0. The molecule has 1 atom stereocenters. The Morgan fingerprint density at radius 1 is 1.34 bits per heavy atom. The first kappa shape index (κ1) is 19.6. The number of amides is 1. The number of imidazole rings is 2. The molecule has 1 amide bonds. The monoisotopic (exact) mass is 394 g/mol. The summed E-state index contributed by atoms with van der Waals surface area (Å²) in [5.41, 5.74) is 2.97. The predicted octanol–water partition coefficient (Wildman–Crippen LogP) is 2.58. The van der Waals surface area contributed by atoms with Crippen LogP contribution in [0.15, 0.2) is 30.6 Å². The van der Waals surface area contributed by atoms with Gasteiger partial charge in [0.1, 0.15) is 11.6 Å². The Kier molecular flexibility index (Phi) is 5.67. The Hall–Kier alpha value is -2.67. The molecule has 154 valence electrons. The van der Waals surface area contributed by atoms with E-state index in [1.165, 1.54) is 0 Å². The molecule has 0 radical (unpaired) electrons. The molecule has 0 bridgehead atoms. The van der Waals surface area contributed by atoms with Crippen LogP contribution >= 0.6 is 0 Å². The quantitative estimate of drug-likeness (QED) is 0.698. The van der Waals surface area contributed by atoms with E-state index in [2.05, 4.69) is 44.7 Å². The van der Waals surface area contributed by atoms with E-state index in [9.17, 15) is 4.79 Å². The lowest BCUT2D eigenvalue weighted by molar-refractivity contribution is -0.131. The first-order valence-electron chi connectivity index (χ1n) is 10.4. The van der Waals surface area contributed by atoms with Crippen molar-refractivity contribution in [1.82, 2.24) is 29.3 Å². The van der Waals surface area contributed by atoms with Crippen molar-refractivity contribution in [2.75, 3.05) is 33.7 Å². The lowest BCUT2D eigenvalue weighted by atomic mass is 9.96. The number of aryl methyl sites for hydroxylation is 1. The van der Waals surface area contributed by atoms with Gasteiger partial charge in [0.25, 0.3) is 0 Å². The summed E-state index contributed by atoms with van der Waals surface area (Å²) in [6.45, 7) is 5.44. The van der Waals surface area contributed by atoms with E-state index >= 15 is 0 Å². The van der Waals surface area contributed by atoms with Gasteiger partial charge < -0.3 is 19.4 Å². The highest BCUT2D eigenvalue weighted by molar-refractivity contribution is 5.82. The third-order valence-corrected chi connectivity index (χ3v) is 5.70. The molecule has 7 nitrogen and oxygen atoms in total. The van der Waals surface area contributed by atoms with E-state index in [0.29, 0.717) is 12.3 Å². The molecule has 7 heteroatoms. The van der Waals surface area contributed by atoms with Crippen LogP contribution < -0.4 is 0 Å². The van der Waals surface area contributed by atoms with Gasteiger partial charge in [-0.2, -0.15) is 0 Å². The number of likely N-dealkylation sites (N-methyl/N-ethyl adjacent to an activating group) is 1. The maximum absolute atomic E-state index is 13.0. The number of likely N-dealkylation sites (tertiary alicyclic amines) is 1. The lowest BCUT2D eigenvalue weighted by Gasteiger charge is -2.33. The number of hydrogen-bond donors (Lipinski definition) is 1. The van der Waals surface area contributed by atoms with E-state index in [1.54, 1.807) is 0 Å². The second-order valence-electron chi connectivity index (χ2n) is 8.31. The maximum Gasteiger partial charge on any atom is 0.227 e. The predicted molar refractivity (Wildman–Crippen MR) is 114 cm³/mol. The zero-order valence-electron chi connectivity index (χ0n) is 17.6. The summed E-state index contributed by atoms with van der Waals surface area (Å²) in [6.07, 6.45) is 6.47. The summed E-state index contributed by atoms with van der Waals surface area (Å²) < 4.78 is 2.24. The lowest BCUT2D eigenvalue weighted by Crippen LogP contribution is -2.40. The van der Waals surface area contributed by atoms with Crippen molar-refractivity contribution < 1.29 is 4.79 Å². The van der Waals surface area contributed by atoms with Crippen LogP contribution in [0, 0.1) is 6.92 Å². The molecule has 0 spiro atoms. The number of nitrogens with one attached hydrogen (secondary N) is 1. The number of benzene rings is 1. The van der Waals surface area contributed by atoms with Gasteiger partial charge in [0.15, 0.2) is 0 Å². The van der Waals surface area contributed by atoms with Gasteiger partial charge >= 0.3 is 0 Å². The highest BCUT2D eigenvalue weighted by Gasteiger charge is 2.27. The summed E-state index contributed by atoms with van der Waals surface area (Å²) >= 11 is 0. The van der Waals surface area contributed by atoms with Crippen LogP contribution in [0.2, 0.25) is 0 Å². The van der Waals surface area contributed by atoms with E-state index in [-0.39, 0.29) is 5.91 Å². The Labute approximate surface area is 171 Å². The Morgan fingerprint density at radius 3 is 3.03 bits per heavy atom. The number of aromatic nitrogens is 4. The molecule has 0 saturated carbocycles. The van der Waals surface area contributed by atoms with Crippen LogP contribution in [0.1, 0.15) is 36.0 Å². The minimum absolute atomic E-state index is 0.191. The SMILES string of the molecule is Cc1nc2ccc(CC(=O)N3CCC[C@@H](c4nccn4CCN(C)C)C3)cc2[nH]1. The molecule has 1 aliphatic rings. The van der Waals surface area contributed by atoms with Gasteiger partial charge in [-0.1, -0.05) is 6.07 Å². The maximum atomic E-state index is 13.0. The number of H-pyrrole nitrogens is 1. The van der Waals surface area contributed by atoms with Crippen molar-refractivity contribution >= 4 is 16.9 Å². The Balaban J connectivity index is 1.42. The number of fused-ring (bicyclic) bond motifs is 1. The number of carbonyl (C=O) groups excluding carboxylic acids is 1. The van der Waals surface area contributed by atoms with Gasteiger partial charge in [0.2, 0.25) is 5.91 Å². The molecule has 4 rings (SSSR count). The molecule has 1 aromatic carbocycles. The Bertz CT molecular complexity index is 988. The van der Waals surface area contributed by atoms with Gasteiger partial charge in [-0.05, 0) is 51.6 Å². The average Bonchev–Trinajstić information content (AvgIpc) is 3.31. The molecule has 29 heavy (non-hydrogen) atoms. The van der Waals surface area contributed by atoms with E-state index in [1.807, 2.05) is 36.2 Å². The highest BCUT2D eigenvalue weighted by Crippen LogP contribution is 2.26. The van der Waals surface area contributed by atoms with E-state index < -0.39 is 0 Å². The molecule has 1 saturated heterocycles. The van der Waals surface area contributed by atoms with Gasteiger partial charge in [0, 0.05) is 44.5 Å². The molecule has 1 aliphatic heterocycles. The fraction of sp³-hybridized carbons (Fsp3) is 0.500. The number of hydrogen-bond acceptors (Lipinski definition) is 4. The molecular formula is C22H30N6O. The van der Waals surface area contributed by atoms with Crippen LogP contribution in [0.25, 0.3) is 11.0 Å². The minimum Gasteiger partial charge on any atom is -0.342 e. The first-order valence-corrected chi connectivity index (χ1v) is 10.4. The van der Waals surface area contributed by atoms with Crippen molar-refractivity contribution in [2.24, 2.45) is 0 Å². The molecular weight excluding hydrogens is 364 g/mol. The minimum atomic E-state index is 0.191. The summed E-state index contributed by atoms with van der Waals surface area (Å²) in [5.74, 6) is 2.50. The Morgan fingerprint density at radius 2 is 2.21 bits per heavy atom. The molecule has 3 aromatic rings. The van der Waals surface area contributed by atoms with Crippen molar-refractivity contribution in [2.45, 2.75) is 38.6 Å². The van der Waals surface area contributed by atoms with E-state index in [4.69, 9.17) is 0 Å². The molecule has 1 N–H and O–H groups in total. The largest absolute Gasteiger partial charge is 0.342 e. The fourth-order valence-electron chi connectivity index (χ4n) is 4.17. The normalized spacial score (nSPS) is 17.4. The summed E-state index contributed by atoms with van der Waals surface area (Å²) in [4.78, 5) is 29.5. The molecule has 1 fully saturated rings. The van der Waals surface area contributed by atoms with Gasteiger partial charge in [-0.3, -0.25) is 4.79 Å². The summed E-state index contributed by atoms with van der Waals surface area (Å²) in [7, 11) is 4.17. The average molecular weight is 395 g/mol. The molecule has 2 aromatic heterocycles. The standard InChI is InChI=1S/C22H30N6O/c1-16-24-19-7-6-17(13-20(19)25-16)14-21(29)28-9-4-5-18(15-28)22-23-8-10-27(22)12-11-26(2)3/h6-8,10,13,18H,4-5,9,11-12,14-15H2,1-3H3,(H,24,25)/t18-/m1/s1. The fourth-order valence-corrected chi connectivity index (χ4v) is 4.17. The van der Waals surface area contributed by atoms with Gasteiger partial charge in [0.05, 0.1) is 17.5 Å². The third-order valence-electron chi connectivity index (χ3n) is 5.70. The van der Waals surface area contributed by atoms with E-state index in [0.717, 1.165) is 67.3 Å².